The molecular weight excluding hydrogens is 476 g/mol. The third-order valence-electron chi connectivity index (χ3n) is 6.32. The average molecular weight is 509 g/mol. The summed E-state index contributed by atoms with van der Waals surface area (Å²) in [4.78, 5) is 27.8. The molecule has 1 aliphatic rings. The number of amides is 2. The number of carbonyl (C=O) groups excluding carboxylic acids is 2. The number of hydrogen-bond acceptors (Lipinski definition) is 6. The highest BCUT2D eigenvalue weighted by molar-refractivity contribution is 8.00. The van der Waals surface area contributed by atoms with Gasteiger partial charge in [-0.25, -0.2) is 0 Å². The van der Waals surface area contributed by atoms with Crippen molar-refractivity contribution in [3.05, 3.63) is 59.7 Å². The quantitative estimate of drug-likeness (QED) is 0.491. The summed E-state index contributed by atoms with van der Waals surface area (Å²) in [6.45, 7) is 3.90. The maximum absolute atomic E-state index is 13.4. The molecule has 0 saturated heterocycles. The number of methoxy groups -OCH3 is 2. The van der Waals surface area contributed by atoms with Crippen LogP contribution in [0.15, 0.2) is 48.5 Å². The number of nitrogens with one attached hydrogen (secondary N) is 1. The molecule has 2 unspecified atom stereocenters. The van der Waals surface area contributed by atoms with E-state index in [9.17, 15) is 9.59 Å². The monoisotopic (exact) mass is 508 g/mol. The first-order valence-electron chi connectivity index (χ1n) is 11.9. The maximum atomic E-state index is 13.4. The van der Waals surface area contributed by atoms with Crippen LogP contribution in [0.4, 0.5) is 5.82 Å². The lowest BCUT2D eigenvalue weighted by molar-refractivity contribution is -0.123. The molecule has 2 heterocycles. The van der Waals surface area contributed by atoms with Gasteiger partial charge in [-0.05, 0) is 31.0 Å². The summed E-state index contributed by atoms with van der Waals surface area (Å²) >= 11 is 1.52. The Morgan fingerprint density at radius 1 is 1.17 bits per heavy atom. The predicted molar refractivity (Wildman–Crippen MR) is 143 cm³/mol. The number of aromatic nitrogens is 2. The third kappa shape index (κ3) is 5.06. The lowest BCUT2D eigenvalue weighted by Crippen LogP contribution is -2.44. The molecule has 1 N–H and O–H groups in total. The molecule has 3 aromatic rings. The highest BCUT2D eigenvalue weighted by Gasteiger charge is 2.37. The Kier molecular flexibility index (Phi) is 7.88. The Balaban J connectivity index is 1.87. The molecule has 1 aliphatic heterocycles. The predicted octanol–water partition coefficient (Wildman–Crippen LogP) is 4.19. The number of ether oxygens (including phenoxy) is 2. The Labute approximate surface area is 216 Å². The van der Waals surface area contributed by atoms with Gasteiger partial charge < -0.3 is 14.8 Å². The van der Waals surface area contributed by atoms with Gasteiger partial charge in [-0.3, -0.25) is 19.2 Å². The van der Waals surface area contributed by atoms with Crippen LogP contribution in [-0.4, -0.2) is 54.2 Å². The smallest absolute Gasteiger partial charge is 0.240 e. The van der Waals surface area contributed by atoms with Gasteiger partial charge in [0, 0.05) is 24.2 Å². The number of rotatable bonds is 8. The number of benzene rings is 2. The van der Waals surface area contributed by atoms with E-state index in [1.807, 2.05) is 69.4 Å². The van der Waals surface area contributed by atoms with Gasteiger partial charge >= 0.3 is 0 Å². The minimum absolute atomic E-state index is 0.0272. The Morgan fingerprint density at radius 3 is 2.56 bits per heavy atom. The molecule has 4 rings (SSSR count). The molecule has 0 aliphatic carbocycles. The van der Waals surface area contributed by atoms with Crippen molar-refractivity contribution in [1.29, 1.82) is 0 Å². The molecule has 0 saturated carbocycles. The molecule has 9 heteroatoms. The summed E-state index contributed by atoms with van der Waals surface area (Å²) in [5, 5.41) is 7.61. The standard InChI is InChI=1S/C27H32N4O4S/c1-6-17(2)28-22(32)15-31-23(33)16-36-26(19-12-13-20(34-4)21(14-19)35-5)24-25(29-30(3)27(24)31)18-10-8-7-9-11-18/h7-14,17,26H,6,15-16H2,1-5H3,(H,28,32). The van der Waals surface area contributed by atoms with Gasteiger partial charge in [0.05, 0.1) is 30.9 Å². The van der Waals surface area contributed by atoms with E-state index in [-0.39, 0.29) is 35.4 Å². The first-order valence-corrected chi connectivity index (χ1v) is 13.0. The van der Waals surface area contributed by atoms with Crippen LogP contribution < -0.4 is 19.7 Å². The third-order valence-corrected chi connectivity index (χ3v) is 7.58. The van der Waals surface area contributed by atoms with Crippen molar-refractivity contribution in [2.75, 3.05) is 31.4 Å². The van der Waals surface area contributed by atoms with Gasteiger partial charge in [0.25, 0.3) is 0 Å². The zero-order valence-electron chi connectivity index (χ0n) is 21.3. The molecule has 2 atom stereocenters. The summed E-state index contributed by atoms with van der Waals surface area (Å²) in [6, 6.07) is 15.7. The second kappa shape index (κ2) is 11.1. The van der Waals surface area contributed by atoms with Crippen LogP contribution in [0, 0.1) is 0 Å². The minimum Gasteiger partial charge on any atom is -0.493 e. The van der Waals surface area contributed by atoms with Gasteiger partial charge in [-0.15, -0.1) is 11.8 Å². The van der Waals surface area contributed by atoms with Crippen LogP contribution in [0.2, 0.25) is 0 Å². The normalized spacial score (nSPS) is 16.2. The Hall–Kier alpha value is -3.46. The van der Waals surface area contributed by atoms with Crippen LogP contribution in [0.3, 0.4) is 0 Å². The van der Waals surface area contributed by atoms with Crippen LogP contribution in [0.1, 0.15) is 36.6 Å². The van der Waals surface area contributed by atoms with Crippen molar-refractivity contribution in [3.8, 4) is 22.8 Å². The summed E-state index contributed by atoms with van der Waals surface area (Å²) in [5.74, 6) is 1.77. The van der Waals surface area contributed by atoms with Crippen LogP contribution in [0.25, 0.3) is 11.3 Å². The van der Waals surface area contributed by atoms with E-state index in [4.69, 9.17) is 14.6 Å². The summed E-state index contributed by atoms with van der Waals surface area (Å²) in [6.07, 6.45) is 0.812. The number of carbonyl (C=O) groups is 2. The second-order valence-electron chi connectivity index (χ2n) is 8.74. The van der Waals surface area contributed by atoms with E-state index < -0.39 is 0 Å². The fraction of sp³-hybridized carbons (Fsp3) is 0.370. The highest BCUT2D eigenvalue weighted by Crippen LogP contribution is 2.48. The largest absolute Gasteiger partial charge is 0.493 e. The van der Waals surface area contributed by atoms with E-state index in [0.717, 1.165) is 28.8 Å². The SMILES string of the molecule is CCC(C)NC(=O)CN1C(=O)CSC(c2ccc(OC)c(OC)c2)c2c(-c3ccccc3)nn(C)c21. The average Bonchev–Trinajstić information content (AvgIpc) is 3.16. The van der Waals surface area contributed by atoms with Crippen molar-refractivity contribution in [2.45, 2.75) is 31.6 Å². The van der Waals surface area contributed by atoms with Crippen molar-refractivity contribution >= 4 is 29.4 Å². The van der Waals surface area contributed by atoms with Gasteiger partial charge in [-0.1, -0.05) is 43.3 Å². The number of hydrogen-bond donors (Lipinski definition) is 1. The highest BCUT2D eigenvalue weighted by atomic mass is 32.2. The molecule has 0 radical (unpaired) electrons. The number of nitrogens with zero attached hydrogens (tertiary/aromatic N) is 3. The van der Waals surface area contributed by atoms with Crippen molar-refractivity contribution in [1.82, 2.24) is 15.1 Å². The zero-order chi connectivity index (χ0) is 25.8. The molecule has 36 heavy (non-hydrogen) atoms. The molecule has 2 amide bonds. The van der Waals surface area contributed by atoms with Gasteiger partial charge in [0.1, 0.15) is 12.4 Å². The Bertz CT molecular complexity index is 1240. The lowest BCUT2D eigenvalue weighted by atomic mass is 9.99. The molecule has 0 fully saturated rings. The van der Waals surface area contributed by atoms with Crippen LogP contribution in [-0.2, 0) is 16.6 Å². The van der Waals surface area contributed by atoms with Gasteiger partial charge in [0.2, 0.25) is 11.8 Å². The first-order chi connectivity index (χ1) is 17.4. The van der Waals surface area contributed by atoms with Gasteiger partial charge in [0.15, 0.2) is 11.5 Å². The summed E-state index contributed by atoms with van der Waals surface area (Å²) in [7, 11) is 5.03. The molecule has 0 spiro atoms. The fourth-order valence-corrected chi connectivity index (χ4v) is 5.53. The Morgan fingerprint density at radius 2 is 1.89 bits per heavy atom. The number of anilines is 1. The van der Waals surface area contributed by atoms with E-state index >= 15 is 0 Å². The lowest BCUT2D eigenvalue weighted by Gasteiger charge is -2.23. The number of fused-ring (bicyclic) bond motifs is 1. The molecular formula is C27H32N4O4S. The molecule has 2 aromatic carbocycles. The molecule has 8 nitrogen and oxygen atoms in total. The van der Waals surface area contributed by atoms with Crippen LogP contribution in [0.5, 0.6) is 11.5 Å². The molecule has 1 aromatic heterocycles. The fourth-order valence-electron chi connectivity index (χ4n) is 4.34. The van der Waals surface area contributed by atoms with Crippen LogP contribution >= 0.6 is 11.8 Å². The second-order valence-corrected chi connectivity index (χ2v) is 9.83. The number of aryl methyl sites for hydroxylation is 1. The topological polar surface area (TPSA) is 85.7 Å². The first kappa shape index (κ1) is 25.6. The zero-order valence-corrected chi connectivity index (χ0v) is 22.1. The number of thioether (sulfide) groups is 1. The van der Waals surface area contributed by atoms with E-state index in [2.05, 4.69) is 5.32 Å². The van der Waals surface area contributed by atoms with Gasteiger partial charge in [-0.2, -0.15) is 5.10 Å². The van der Waals surface area contributed by atoms with Crippen molar-refractivity contribution < 1.29 is 19.1 Å². The van der Waals surface area contributed by atoms with Crippen molar-refractivity contribution in [3.63, 3.8) is 0 Å². The summed E-state index contributed by atoms with van der Waals surface area (Å²) in [5.41, 5.74) is 3.58. The maximum Gasteiger partial charge on any atom is 0.240 e. The summed E-state index contributed by atoms with van der Waals surface area (Å²) < 4.78 is 12.7. The van der Waals surface area contributed by atoms with Crippen molar-refractivity contribution in [2.24, 2.45) is 7.05 Å². The van der Waals surface area contributed by atoms with E-state index in [1.54, 1.807) is 23.8 Å². The minimum atomic E-state index is -0.213. The van der Waals surface area contributed by atoms with E-state index in [1.165, 1.54) is 11.8 Å². The molecule has 190 valence electrons. The molecule has 0 bridgehead atoms. The van der Waals surface area contributed by atoms with E-state index in [0.29, 0.717) is 17.3 Å².